The maximum Gasteiger partial charge on any atom is 0.293 e. The minimum Gasteiger partial charge on any atom is -0.379 e. The average molecular weight is 327 g/mol. The molecule has 2 aromatic rings. The van der Waals surface area contributed by atoms with E-state index in [-0.39, 0.29) is 28.8 Å². The fourth-order valence-electron chi connectivity index (χ4n) is 1.72. The van der Waals surface area contributed by atoms with Crippen molar-refractivity contribution in [1.82, 2.24) is 10.1 Å². The van der Waals surface area contributed by atoms with Crippen LogP contribution >= 0.6 is 0 Å². The number of anilines is 2. The second-order valence-corrected chi connectivity index (χ2v) is 6.45. The lowest BCUT2D eigenvalue weighted by Gasteiger charge is -2.07. The Morgan fingerprint density at radius 1 is 1.45 bits per heavy atom. The third kappa shape index (κ3) is 3.69. The van der Waals surface area contributed by atoms with Crippen molar-refractivity contribution < 1.29 is 17.9 Å². The Kier molecular flexibility index (Phi) is 4.26. The second kappa shape index (κ2) is 5.97. The van der Waals surface area contributed by atoms with Gasteiger partial charge in [-0.3, -0.25) is 10.1 Å². The summed E-state index contributed by atoms with van der Waals surface area (Å²) in [6.45, 7) is 0.278. The molecule has 0 unspecified atom stereocenters. The SMILES string of the molecule is CS(=O)(=O)c1ccc(NCCc2nc(N)no2)c([N+](=O)[O-])c1. The van der Waals surface area contributed by atoms with Gasteiger partial charge in [-0.25, -0.2) is 8.42 Å². The van der Waals surface area contributed by atoms with Crippen LogP contribution in [-0.4, -0.2) is 36.3 Å². The number of nitrogens with two attached hydrogens (primary N) is 1. The van der Waals surface area contributed by atoms with Gasteiger partial charge in [0.25, 0.3) is 11.6 Å². The predicted octanol–water partition coefficient (Wildman–Crippen LogP) is 0.618. The monoisotopic (exact) mass is 327 g/mol. The van der Waals surface area contributed by atoms with Crippen molar-refractivity contribution in [3.63, 3.8) is 0 Å². The van der Waals surface area contributed by atoms with Gasteiger partial charge in [0.05, 0.1) is 9.82 Å². The largest absolute Gasteiger partial charge is 0.379 e. The Hall–Kier alpha value is -2.69. The van der Waals surface area contributed by atoms with Crippen LogP contribution in [0.3, 0.4) is 0 Å². The molecule has 22 heavy (non-hydrogen) atoms. The van der Waals surface area contributed by atoms with Gasteiger partial charge in [0.15, 0.2) is 9.84 Å². The number of nitrogen functional groups attached to an aromatic ring is 1. The number of aromatic nitrogens is 2. The van der Waals surface area contributed by atoms with Crippen LogP contribution in [0.4, 0.5) is 17.3 Å². The normalized spacial score (nSPS) is 11.3. The van der Waals surface area contributed by atoms with Gasteiger partial charge >= 0.3 is 0 Å². The van der Waals surface area contributed by atoms with Crippen LogP contribution in [-0.2, 0) is 16.3 Å². The molecule has 11 heteroatoms. The first-order chi connectivity index (χ1) is 10.3. The number of nitro benzene ring substituents is 1. The van der Waals surface area contributed by atoms with Crippen LogP contribution in [0.2, 0.25) is 0 Å². The number of nitrogens with zero attached hydrogens (tertiary/aromatic N) is 3. The first-order valence-electron chi connectivity index (χ1n) is 6.08. The Labute approximate surface area is 125 Å². The standard InChI is InChI=1S/C11H13N5O5S/c1-22(19,20)7-2-3-8(9(6-7)16(17)18)13-5-4-10-14-11(12)15-21-10/h2-3,6,13H,4-5H2,1H3,(H2,12,15). The highest BCUT2D eigenvalue weighted by molar-refractivity contribution is 7.90. The van der Waals surface area contributed by atoms with Gasteiger partial charge in [0, 0.05) is 25.3 Å². The van der Waals surface area contributed by atoms with Crippen molar-refractivity contribution in [3.05, 3.63) is 34.2 Å². The molecule has 0 spiro atoms. The molecule has 3 N–H and O–H groups in total. The van der Waals surface area contributed by atoms with Crippen molar-refractivity contribution in [2.75, 3.05) is 23.9 Å². The number of benzene rings is 1. The van der Waals surface area contributed by atoms with Crippen LogP contribution in [0.1, 0.15) is 5.89 Å². The van der Waals surface area contributed by atoms with Crippen molar-refractivity contribution in [2.24, 2.45) is 0 Å². The molecular weight excluding hydrogens is 314 g/mol. The van der Waals surface area contributed by atoms with Crippen LogP contribution < -0.4 is 11.1 Å². The summed E-state index contributed by atoms with van der Waals surface area (Å²) in [6.07, 6.45) is 1.30. The van der Waals surface area contributed by atoms with Crippen LogP contribution in [0.5, 0.6) is 0 Å². The highest BCUT2D eigenvalue weighted by Crippen LogP contribution is 2.27. The highest BCUT2D eigenvalue weighted by atomic mass is 32.2. The van der Waals surface area contributed by atoms with E-state index < -0.39 is 14.8 Å². The predicted molar refractivity (Wildman–Crippen MR) is 77.1 cm³/mol. The molecule has 0 atom stereocenters. The van der Waals surface area contributed by atoms with E-state index in [1.807, 2.05) is 0 Å². The van der Waals surface area contributed by atoms with Crippen LogP contribution in [0.25, 0.3) is 0 Å². The number of hydrogen-bond donors (Lipinski definition) is 2. The van der Waals surface area contributed by atoms with Gasteiger partial charge in [0.1, 0.15) is 5.69 Å². The summed E-state index contributed by atoms with van der Waals surface area (Å²) in [4.78, 5) is 14.1. The molecule has 0 aliphatic carbocycles. The van der Waals surface area contributed by atoms with Gasteiger partial charge in [0.2, 0.25) is 5.89 Å². The Bertz CT molecular complexity index is 801. The first-order valence-corrected chi connectivity index (χ1v) is 7.97. The smallest absolute Gasteiger partial charge is 0.293 e. The van der Waals surface area contributed by atoms with E-state index in [0.29, 0.717) is 12.3 Å². The molecule has 0 saturated heterocycles. The van der Waals surface area contributed by atoms with Gasteiger partial charge in [-0.05, 0) is 17.3 Å². The van der Waals surface area contributed by atoms with Crippen molar-refractivity contribution in [1.29, 1.82) is 0 Å². The minimum absolute atomic E-state index is 0.0125. The van der Waals surface area contributed by atoms with E-state index in [1.54, 1.807) is 0 Å². The lowest BCUT2D eigenvalue weighted by Crippen LogP contribution is -2.08. The van der Waals surface area contributed by atoms with E-state index in [4.69, 9.17) is 10.3 Å². The number of nitro groups is 1. The summed E-state index contributed by atoms with van der Waals surface area (Å²) in [5, 5.41) is 17.3. The molecule has 0 bridgehead atoms. The Morgan fingerprint density at radius 2 is 2.18 bits per heavy atom. The molecule has 1 aromatic carbocycles. The summed E-state index contributed by atoms with van der Waals surface area (Å²) < 4.78 is 27.7. The summed E-state index contributed by atoms with van der Waals surface area (Å²) >= 11 is 0. The second-order valence-electron chi connectivity index (χ2n) is 4.43. The van der Waals surface area contributed by atoms with E-state index in [1.165, 1.54) is 12.1 Å². The van der Waals surface area contributed by atoms with Crippen molar-refractivity contribution >= 4 is 27.2 Å². The summed E-state index contributed by atoms with van der Waals surface area (Å²) in [6, 6.07) is 3.66. The zero-order valence-corrected chi connectivity index (χ0v) is 12.3. The fraction of sp³-hybridized carbons (Fsp3) is 0.273. The molecule has 0 radical (unpaired) electrons. The molecule has 0 aliphatic rings. The van der Waals surface area contributed by atoms with E-state index in [2.05, 4.69) is 15.5 Å². The first kappa shape index (κ1) is 15.7. The molecule has 0 saturated carbocycles. The number of sulfone groups is 1. The summed E-state index contributed by atoms with van der Waals surface area (Å²) in [7, 11) is -3.52. The average Bonchev–Trinajstić information content (AvgIpc) is 2.83. The maximum absolute atomic E-state index is 11.4. The fourth-order valence-corrected chi connectivity index (χ4v) is 2.36. The Morgan fingerprint density at radius 3 is 2.73 bits per heavy atom. The molecule has 2 rings (SSSR count). The molecule has 118 valence electrons. The van der Waals surface area contributed by atoms with Gasteiger partial charge in [-0.2, -0.15) is 4.98 Å². The van der Waals surface area contributed by atoms with Gasteiger partial charge in [-0.1, -0.05) is 0 Å². The molecule has 0 fully saturated rings. The molecule has 1 heterocycles. The lowest BCUT2D eigenvalue weighted by atomic mass is 10.2. The lowest BCUT2D eigenvalue weighted by molar-refractivity contribution is -0.384. The highest BCUT2D eigenvalue weighted by Gasteiger charge is 2.18. The topological polar surface area (TPSA) is 154 Å². The summed E-state index contributed by atoms with van der Waals surface area (Å²) in [5.74, 6) is 0.305. The molecule has 10 nitrogen and oxygen atoms in total. The van der Waals surface area contributed by atoms with Gasteiger partial charge < -0.3 is 15.6 Å². The van der Waals surface area contributed by atoms with Crippen molar-refractivity contribution in [3.8, 4) is 0 Å². The minimum atomic E-state index is -3.52. The zero-order valence-electron chi connectivity index (χ0n) is 11.5. The van der Waals surface area contributed by atoms with Crippen LogP contribution in [0.15, 0.2) is 27.6 Å². The van der Waals surface area contributed by atoms with Gasteiger partial charge in [-0.15, -0.1) is 0 Å². The summed E-state index contributed by atoms with van der Waals surface area (Å²) in [5.41, 5.74) is 5.17. The Balaban J connectivity index is 2.14. The molecule has 0 amide bonds. The number of rotatable bonds is 6. The number of nitrogens with one attached hydrogen (secondary N) is 1. The van der Waals surface area contributed by atoms with E-state index >= 15 is 0 Å². The van der Waals surface area contributed by atoms with Crippen LogP contribution in [0, 0.1) is 10.1 Å². The molecule has 0 aliphatic heterocycles. The molecule has 1 aromatic heterocycles. The quantitative estimate of drug-likeness (QED) is 0.573. The van der Waals surface area contributed by atoms with E-state index in [0.717, 1.165) is 12.3 Å². The molecular formula is C11H13N5O5S. The third-order valence-electron chi connectivity index (χ3n) is 2.73. The zero-order chi connectivity index (χ0) is 16.3. The maximum atomic E-state index is 11.4. The number of hydrogen-bond acceptors (Lipinski definition) is 9. The van der Waals surface area contributed by atoms with E-state index in [9.17, 15) is 18.5 Å². The van der Waals surface area contributed by atoms with Crippen molar-refractivity contribution in [2.45, 2.75) is 11.3 Å². The third-order valence-corrected chi connectivity index (χ3v) is 3.84.